The highest BCUT2D eigenvalue weighted by atomic mass is 16.6. The molecule has 0 spiro atoms. The summed E-state index contributed by atoms with van der Waals surface area (Å²) in [5.41, 5.74) is -0.438. The summed E-state index contributed by atoms with van der Waals surface area (Å²) in [6.07, 6.45) is 4.20. The van der Waals surface area contributed by atoms with E-state index in [-0.39, 0.29) is 36.8 Å². The fourth-order valence-corrected chi connectivity index (χ4v) is 5.17. The summed E-state index contributed by atoms with van der Waals surface area (Å²) < 4.78 is 17.3. The van der Waals surface area contributed by atoms with Gasteiger partial charge in [0.1, 0.15) is 13.2 Å². The van der Waals surface area contributed by atoms with Gasteiger partial charge in [-0.15, -0.1) is 0 Å². The predicted octanol–water partition coefficient (Wildman–Crippen LogP) is 3.23. The van der Waals surface area contributed by atoms with Gasteiger partial charge in [-0.2, -0.15) is 0 Å². The molecule has 6 nitrogen and oxygen atoms in total. The maximum atomic E-state index is 13.1. The molecule has 0 amide bonds. The van der Waals surface area contributed by atoms with Crippen molar-refractivity contribution in [3.05, 3.63) is 83.9 Å². The maximum absolute atomic E-state index is 13.1. The second kappa shape index (κ2) is 7.78. The minimum atomic E-state index is -1.28. The molecule has 2 aromatic carbocycles. The maximum Gasteiger partial charge on any atom is 0.339 e. The molecule has 1 saturated heterocycles. The van der Waals surface area contributed by atoms with Gasteiger partial charge in [-0.1, -0.05) is 48.6 Å². The third-order valence-electron chi connectivity index (χ3n) is 6.55. The van der Waals surface area contributed by atoms with Gasteiger partial charge in [0.05, 0.1) is 17.2 Å². The van der Waals surface area contributed by atoms with Crippen LogP contribution in [0.1, 0.15) is 27.1 Å². The van der Waals surface area contributed by atoms with Crippen LogP contribution in [0.15, 0.2) is 72.8 Å². The average molecular weight is 418 g/mol. The van der Waals surface area contributed by atoms with Gasteiger partial charge in [-0.25, -0.2) is 9.59 Å². The zero-order valence-electron chi connectivity index (χ0n) is 16.8. The van der Waals surface area contributed by atoms with E-state index in [4.69, 9.17) is 14.2 Å². The van der Waals surface area contributed by atoms with E-state index in [0.717, 1.165) is 0 Å². The molecule has 31 heavy (non-hydrogen) atoms. The Labute approximate surface area is 179 Å². The van der Waals surface area contributed by atoms with Crippen molar-refractivity contribution in [2.45, 2.75) is 18.1 Å². The number of carbonyl (C=O) groups excluding carboxylic acids is 3. The minimum absolute atomic E-state index is 0.00658. The number of hydrogen-bond acceptors (Lipinski definition) is 6. The molecule has 5 rings (SSSR count). The van der Waals surface area contributed by atoms with Gasteiger partial charge in [-0.05, 0) is 36.6 Å². The van der Waals surface area contributed by atoms with Crippen molar-refractivity contribution in [2.75, 3.05) is 13.2 Å². The van der Waals surface area contributed by atoms with Crippen LogP contribution in [-0.2, 0) is 19.0 Å². The Bertz CT molecular complexity index is 1030. The molecule has 0 radical (unpaired) electrons. The number of allylic oxidation sites excluding steroid dienone is 1. The normalized spacial score (nSPS) is 30.6. The Balaban J connectivity index is 1.39. The molecule has 0 aromatic heterocycles. The molecule has 2 bridgehead atoms. The van der Waals surface area contributed by atoms with Crippen LogP contribution >= 0.6 is 0 Å². The molecular weight excluding hydrogens is 396 g/mol. The fourth-order valence-electron chi connectivity index (χ4n) is 5.17. The second-order valence-corrected chi connectivity index (χ2v) is 8.20. The molecular formula is C25H22O6. The standard InChI is InChI=1S/C25H22O6/c26-21-15-29-20(14-30-23(27)16-7-3-1-4-8-16)22-18-11-12-19(13-18)25(21,22)31-24(28)17-9-5-2-6-10-17/h1-12,18-20,22H,13-15H2/t18-,19+,20+,22+,25+/m0/s1. The number of benzene rings is 2. The zero-order valence-corrected chi connectivity index (χ0v) is 16.8. The average Bonchev–Trinajstić information content (AvgIpc) is 3.41. The molecule has 2 aliphatic carbocycles. The lowest BCUT2D eigenvalue weighted by Gasteiger charge is -2.46. The molecule has 1 aliphatic heterocycles. The smallest absolute Gasteiger partial charge is 0.339 e. The Hall–Kier alpha value is -3.25. The number of ether oxygens (including phenoxy) is 3. The largest absolute Gasteiger partial charge is 0.459 e. The van der Waals surface area contributed by atoms with Gasteiger partial charge in [0.15, 0.2) is 5.60 Å². The Morgan fingerprint density at radius 1 is 0.935 bits per heavy atom. The Kier molecular flexibility index (Phi) is 4.94. The molecule has 1 saturated carbocycles. The molecule has 2 aromatic rings. The second-order valence-electron chi connectivity index (χ2n) is 8.20. The SMILES string of the molecule is O=C(OC[C@H]1OCC(=O)[C@@]2(OC(=O)c3ccccc3)[C@@H]1[C@H]1C=C[C@@H]2C1)c1ccccc1. The van der Waals surface area contributed by atoms with Crippen LogP contribution in [0.4, 0.5) is 0 Å². The first-order valence-electron chi connectivity index (χ1n) is 10.4. The van der Waals surface area contributed by atoms with E-state index < -0.39 is 23.6 Å². The van der Waals surface area contributed by atoms with Gasteiger partial charge >= 0.3 is 11.9 Å². The van der Waals surface area contributed by atoms with Crippen molar-refractivity contribution in [3.63, 3.8) is 0 Å². The first-order valence-corrected chi connectivity index (χ1v) is 10.4. The summed E-state index contributed by atoms with van der Waals surface area (Å²) in [6.45, 7) is -0.184. The van der Waals surface area contributed by atoms with Crippen LogP contribution in [0.3, 0.4) is 0 Å². The summed E-state index contributed by atoms with van der Waals surface area (Å²) in [5, 5.41) is 0. The van der Waals surface area contributed by atoms with E-state index in [0.29, 0.717) is 17.5 Å². The van der Waals surface area contributed by atoms with E-state index >= 15 is 0 Å². The topological polar surface area (TPSA) is 78.9 Å². The molecule has 158 valence electrons. The van der Waals surface area contributed by atoms with Crippen molar-refractivity contribution in [2.24, 2.45) is 17.8 Å². The van der Waals surface area contributed by atoms with Crippen LogP contribution in [0.2, 0.25) is 0 Å². The van der Waals surface area contributed by atoms with Crippen LogP contribution in [0, 0.1) is 17.8 Å². The van der Waals surface area contributed by atoms with Gasteiger partial charge < -0.3 is 14.2 Å². The summed E-state index contributed by atoms with van der Waals surface area (Å²) in [5.74, 6) is -1.77. The van der Waals surface area contributed by atoms with Crippen molar-refractivity contribution in [1.82, 2.24) is 0 Å². The number of fused-ring (bicyclic) bond motifs is 5. The third-order valence-corrected chi connectivity index (χ3v) is 6.55. The van der Waals surface area contributed by atoms with Crippen LogP contribution in [0.5, 0.6) is 0 Å². The van der Waals surface area contributed by atoms with Crippen molar-refractivity contribution >= 4 is 17.7 Å². The number of Topliss-reactive ketones (excluding diaryl/α,β-unsaturated/α-hetero) is 1. The minimum Gasteiger partial charge on any atom is -0.459 e. The molecule has 0 N–H and O–H groups in total. The molecule has 3 aliphatic rings. The summed E-state index contributed by atoms with van der Waals surface area (Å²) in [7, 11) is 0. The first-order chi connectivity index (χ1) is 15.1. The third kappa shape index (κ3) is 3.27. The Morgan fingerprint density at radius 2 is 1.58 bits per heavy atom. The number of carbonyl (C=O) groups is 3. The first kappa shape index (κ1) is 19.7. The van der Waals surface area contributed by atoms with Crippen molar-refractivity contribution in [1.29, 1.82) is 0 Å². The molecule has 0 unspecified atom stereocenters. The van der Waals surface area contributed by atoms with E-state index in [1.807, 2.05) is 18.2 Å². The fraction of sp³-hybridized carbons (Fsp3) is 0.320. The number of hydrogen-bond donors (Lipinski definition) is 0. The molecule has 2 fully saturated rings. The Morgan fingerprint density at radius 3 is 2.26 bits per heavy atom. The van der Waals surface area contributed by atoms with Crippen LogP contribution in [-0.4, -0.2) is 42.6 Å². The molecule has 6 heteroatoms. The number of rotatable bonds is 5. The van der Waals surface area contributed by atoms with E-state index in [9.17, 15) is 14.4 Å². The van der Waals surface area contributed by atoms with Crippen molar-refractivity contribution < 1.29 is 28.6 Å². The number of ketones is 1. The summed E-state index contributed by atoms with van der Waals surface area (Å²) in [6, 6.07) is 17.4. The van der Waals surface area contributed by atoms with Crippen LogP contribution < -0.4 is 0 Å². The number of esters is 2. The highest BCUT2D eigenvalue weighted by molar-refractivity contribution is 5.97. The van der Waals surface area contributed by atoms with E-state index in [1.165, 1.54) is 0 Å². The van der Waals surface area contributed by atoms with Gasteiger partial charge in [-0.3, -0.25) is 4.79 Å². The van der Waals surface area contributed by atoms with Crippen molar-refractivity contribution in [3.8, 4) is 0 Å². The molecule has 5 atom stereocenters. The predicted molar refractivity (Wildman–Crippen MR) is 110 cm³/mol. The zero-order chi connectivity index (χ0) is 21.4. The quantitative estimate of drug-likeness (QED) is 0.548. The van der Waals surface area contributed by atoms with Gasteiger partial charge in [0.2, 0.25) is 5.78 Å². The van der Waals surface area contributed by atoms with E-state index in [1.54, 1.807) is 48.5 Å². The monoisotopic (exact) mass is 418 g/mol. The van der Waals surface area contributed by atoms with Crippen LogP contribution in [0.25, 0.3) is 0 Å². The molecule has 1 heterocycles. The van der Waals surface area contributed by atoms with Gasteiger partial charge in [0, 0.05) is 11.8 Å². The van der Waals surface area contributed by atoms with E-state index in [2.05, 4.69) is 6.08 Å². The summed E-state index contributed by atoms with van der Waals surface area (Å²) >= 11 is 0. The van der Waals surface area contributed by atoms with Gasteiger partial charge in [0.25, 0.3) is 0 Å². The lowest BCUT2D eigenvalue weighted by Crippen LogP contribution is -2.62. The summed E-state index contributed by atoms with van der Waals surface area (Å²) in [4.78, 5) is 38.4. The lowest BCUT2D eigenvalue weighted by molar-refractivity contribution is -0.184. The highest BCUT2D eigenvalue weighted by Gasteiger charge is 2.67. The lowest BCUT2D eigenvalue weighted by atomic mass is 9.71. The highest BCUT2D eigenvalue weighted by Crippen LogP contribution is 2.56.